The molecule has 0 radical (unpaired) electrons. The molecule has 0 bridgehead atoms. The highest BCUT2D eigenvalue weighted by molar-refractivity contribution is 14.0. The zero-order chi connectivity index (χ0) is 14.2. The first-order chi connectivity index (χ1) is 9.81. The van der Waals surface area contributed by atoms with Crippen LogP contribution in [0.3, 0.4) is 0 Å². The number of aliphatic imine (C=N–C) groups is 1. The van der Waals surface area contributed by atoms with E-state index in [-0.39, 0.29) is 24.0 Å². The SMILES string of the molecule is CCCCNC(N)=NCc1ccccc1-n1ccnc1.I. The Bertz CT molecular complexity index is 551. The molecule has 0 saturated carbocycles. The Balaban J connectivity index is 0.00000220. The number of imidazole rings is 1. The Hall–Kier alpha value is -1.57. The maximum Gasteiger partial charge on any atom is 0.188 e. The van der Waals surface area contributed by atoms with Crippen molar-refractivity contribution in [1.29, 1.82) is 0 Å². The summed E-state index contributed by atoms with van der Waals surface area (Å²) in [6, 6.07) is 8.11. The van der Waals surface area contributed by atoms with Crippen molar-refractivity contribution in [2.24, 2.45) is 10.7 Å². The molecule has 3 N–H and O–H groups in total. The zero-order valence-electron chi connectivity index (χ0n) is 12.2. The van der Waals surface area contributed by atoms with Gasteiger partial charge in [-0.1, -0.05) is 31.5 Å². The van der Waals surface area contributed by atoms with E-state index >= 15 is 0 Å². The molecular weight excluding hydrogens is 377 g/mol. The average Bonchev–Trinajstić information content (AvgIpc) is 3.00. The number of benzene rings is 1. The fourth-order valence-electron chi connectivity index (χ4n) is 1.92. The van der Waals surface area contributed by atoms with Gasteiger partial charge in [0.15, 0.2) is 5.96 Å². The minimum Gasteiger partial charge on any atom is -0.370 e. The summed E-state index contributed by atoms with van der Waals surface area (Å²) in [5.41, 5.74) is 8.05. The molecule has 21 heavy (non-hydrogen) atoms. The number of hydrogen-bond donors (Lipinski definition) is 2. The molecule has 2 rings (SSSR count). The minimum atomic E-state index is 0. The van der Waals surface area contributed by atoms with E-state index in [1.54, 1.807) is 12.5 Å². The van der Waals surface area contributed by atoms with Crippen molar-refractivity contribution in [3.05, 3.63) is 48.5 Å². The van der Waals surface area contributed by atoms with Gasteiger partial charge in [0.25, 0.3) is 0 Å². The summed E-state index contributed by atoms with van der Waals surface area (Å²) in [6.07, 6.45) is 7.71. The molecule has 0 spiro atoms. The first-order valence-electron chi connectivity index (χ1n) is 6.91. The van der Waals surface area contributed by atoms with Gasteiger partial charge in [-0.05, 0) is 18.1 Å². The number of nitrogens with two attached hydrogens (primary N) is 1. The highest BCUT2D eigenvalue weighted by Crippen LogP contribution is 2.14. The van der Waals surface area contributed by atoms with Gasteiger partial charge in [-0.15, -0.1) is 24.0 Å². The summed E-state index contributed by atoms with van der Waals surface area (Å²) in [7, 11) is 0. The second kappa shape index (κ2) is 9.38. The summed E-state index contributed by atoms with van der Waals surface area (Å²) >= 11 is 0. The third kappa shape index (κ3) is 5.37. The lowest BCUT2D eigenvalue weighted by atomic mass is 10.2. The van der Waals surface area contributed by atoms with Gasteiger partial charge in [-0.25, -0.2) is 9.98 Å². The smallest absolute Gasteiger partial charge is 0.188 e. The van der Waals surface area contributed by atoms with Crippen molar-refractivity contribution in [1.82, 2.24) is 14.9 Å². The molecule has 6 heteroatoms. The maximum absolute atomic E-state index is 5.85. The van der Waals surface area contributed by atoms with Crippen LogP contribution in [0.4, 0.5) is 0 Å². The molecule has 0 saturated heterocycles. The lowest BCUT2D eigenvalue weighted by Gasteiger charge is -2.09. The van der Waals surface area contributed by atoms with Crippen molar-refractivity contribution < 1.29 is 0 Å². The summed E-state index contributed by atoms with van der Waals surface area (Å²) < 4.78 is 1.98. The lowest BCUT2D eigenvalue weighted by Crippen LogP contribution is -2.32. The van der Waals surface area contributed by atoms with E-state index in [1.807, 2.05) is 29.0 Å². The van der Waals surface area contributed by atoms with Crippen LogP contribution in [0, 0.1) is 0 Å². The number of guanidine groups is 1. The Morgan fingerprint density at radius 2 is 2.19 bits per heavy atom. The largest absolute Gasteiger partial charge is 0.370 e. The van der Waals surface area contributed by atoms with Crippen molar-refractivity contribution in [3.63, 3.8) is 0 Å². The van der Waals surface area contributed by atoms with Crippen molar-refractivity contribution in [2.75, 3.05) is 6.54 Å². The molecule has 0 aliphatic heterocycles. The Labute approximate surface area is 142 Å². The summed E-state index contributed by atoms with van der Waals surface area (Å²) in [5, 5.41) is 3.12. The molecule has 2 aromatic rings. The van der Waals surface area contributed by atoms with Crippen LogP contribution in [0.25, 0.3) is 5.69 Å². The van der Waals surface area contributed by atoms with Gasteiger partial charge in [0.1, 0.15) is 0 Å². The highest BCUT2D eigenvalue weighted by atomic mass is 127. The summed E-state index contributed by atoms with van der Waals surface area (Å²) in [4.78, 5) is 8.46. The molecular formula is C15H22IN5. The number of nitrogens with zero attached hydrogens (tertiary/aromatic N) is 3. The average molecular weight is 399 g/mol. The molecule has 0 amide bonds. The number of nitrogens with one attached hydrogen (secondary N) is 1. The van der Waals surface area contributed by atoms with Crippen LogP contribution in [-0.4, -0.2) is 22.1 Å². The monoisotopic (exact) mass is 399 g/mol. The van der Waals surface area contributed by atoms with Crippen LogP contribution in [0.2, 0.25) is 0 Å². The third-order valence-electron chi connectivity index (χ3n) is 3.03. The predicted octanol–water partition coefficient (Wildman–Crippen LogP) is 2.69. The van der Waals surface area contributed by atoms with Crippen LogP contribution in [0.1, 0.15) is 25.3 Å². The second-order valence-electron chi connectivity index (χ2n) is 4.58. The predicted molar refractivity (Wildman–Crippen MR) is 97.2 cm³/mol. The molecule has 114 valence electrons. The molecule has 1 aromatic heterocycles. The second-order valence-corrected chi connectivity index (χ2v) is 4.58. The number of halogens is 1. The van der Waals surface area contributed by atoms with E-state index in [4.69, 9.17) is 5.73 Å². The van der Waals surface area contributed by atoms with E-state index in [0.717, 1.165) is 30.6 Å². The van der Waals surface area contributed by atoms with Crippen LogP contribution >= 0.6 is 24.0 Å². The van der Waals surface area contributed by atoms with Gasteiger partial charge in [0.05, 0.1) is 18.6 Å². The molecule has 5 nitrogen and oxygen atoms in total. The van der Waals surface area contributed by atoms with Crippen molar-refractivity contribution in [3.8, 4) is 5.69 Å². The topological polar surface area (TPSA) is 68.2 Å². The number of hydrogen-bond acceptors (Lipinski definition) is 2. The third-order valence-corrected chi connectivity index (χ3v) is 3.03. The van der Waals surface area contributed by atoms with Gasteiger partial charge in [0, 0.05) is 18.9 Å². The summed E-state index contributed by atoms with van der Waals surface area (Å²) in [6.45, 7) is 3.57. The van der Waals surface area contributed by atoms with E-state index < -0.39 is 0 Å². The fraction of sp³-hybridized carbons (Fsp3) is 0.333. The molecule has 0 atom stereocenters. The van der Waals surface area contributed by atoms with Gasteiger partial charge in [-0.3, -0.25) is 0 Å². The molecule has 0 fully saturated rings. The normalized spacial score (nSPS) is 11.0. The van der Waals surface area contributed by atoms with Crippen LogP contribution in [0.15, 0.2) is 48.0 Å². The van der Waals surface area contributed by atoms with Gasteiger partial charge in [0.2, 0.25) is 0 Å². The van der Waals surface area contributed by atoms with Crippen molar-refractivity contribution in [2.45, 2.75) is 26.3 Å². The quantitative estimate of drug-likeness (QED) is 0.340. The Morgan fingerprint density at radius 1 is 1.38 bits per heavy atom. The standard InChI is InChI=1S/C15H21N5.HI/c1-2-3-8-18-15(16)19-11-13-6-4-5-7-14(13)20-10-9-17-12-20;/h4-7,9-10,12H,2-3,8,11H2,1H3,(H3,16,18,19);1H. The summed E-state index contributed by atoms with van der Waals surface area (Å²) in [5.74, 6) is 0.499. The van der Waals surface area contributed by atoms with Gasteiger partial charge >= 0.3 is 0 Å². The first-order valence-corrected chi connectivity index (χ1v) is 6.91. The molecule has 0 aliphatic carbocycles. The van der Waals surface area contributed by atoms with Crippen LogP contribution in [0.5, 0.6) is 0 Å². The number of aromatic nitrogens is 2. The minimum absolute atomic E-state index is 0. The van der Waals surface area contributed by atoms with E-state index in [9.17, 15) is 0 Å². The van der Waals surface area contributed by atoms with Gasteiger partial charge in [-0.2, -0.15) is 0 Å². The number of unbranched alkanes of at least 4 members (excludes halogenated alkanes) is 1. The van der Waals surface area contributed by atoms with Crippen LogP contribution < -0.4 is 11.1 Å². The van der Waals surface area contributed by atoms with Crippen LogP contribution in [-0.2, 0) is 6.54 Å². The molecule has 1 aromatic carbocycles. The van der Waals surface area contributed by atoms with E-state index in [0.29, 0.717) is 12.5 Å². The van der Waals surface area contributed by atoms with E-state index in [2.05, 4.69) is 28.3 Å². The Morgan fingerprint density at radius 3 is 2.90 bits per heavy atom. The fourth-order valence-corrected chi connectivity index (χ4v) is 1.92. The Kier molecular flexibility index (Phi) is 7.81. The zero-order valence-corrected chi connectivity index (χ0v) is 14.5. The van der Waals surface area contributed by atoms with Gasteiger partial charge < -0.3 is 15.6 Å². The van der Waals surface area contributed by atoms with E-state index in [1.165, 1.54) is 0 Å². The number of rotatable bonds is 6. The highest BCUT2D eigenvalue weighted by Gasteiger charge is 2.02. The lowest BCUT2D eigenvalue weighted by molar-refractivity contribution is 0.748. The molecule has 0 aliphatic rings. The number of para-hydroxylation sites is 1. The molecule has 0 unspecified atom stereocenters. The first kappa shape index (κ1) is 17.5. The molecule has 1 heterocycles. The maximum atomic E-state index is 5.85. The van der Waals surface area contributed by atoms with Crippen molar-refractivity contribution >= 4 is 29.9 Å².